The molecule has 0 aromatic carbocycles. The first kappa shape index (κ1) is 35.5. The van der Waals surface area contributed by atoms with E-state index < -0.39 is 5.97 Å². The molecule has 9 nitrogen and oxygen atoms in total. The normalized spacial score (nSPS) is 11.0. The molecule has 0 heterocycles. The number of ether oxygens (including phenoxy) is 4. The van der Waals surface area contributed by atoms with Crippen LogP contribution < -0.4 is 5.32 Å². The Labute approximate surface area is 224 Å². The van der Waals surface area contributed by atoms with Gasteiger partial charge in [0, 0.05) is 25.8 Å². The van der Waals surface area contributed by atoms with E-state index in [2.05, 4.69) is 5.32 Å². The van der Waals surface area contributed by atoms with Crippen molar-refractivity contribution in [2.75, 3.05) is 59.4 Å². The SMILES string of the molecule is O=CCCOCCOCCOCCOCCNC(=O)CCCCCCCCCCCCCCCC(=O)O. The minimum Gasteiger partial charge on any atom is -0.481 e. The van der Waals surface area contributed by atoms with E-state index in [4.69, 9.17) is 24.1 Å². The van der Waals surface area contributed by atoms with Crippen molar-refractivity contribution >= 4 is 18.2 Å². The molecular weight excluding hydrogens is 478 g/mol. The average Bonchev–Trinajstić information content (AvgIpc) is 2.88. The van der Waals surface area contributed by atoms with Crippen molar-refractivity contribution in [3.05, 3.63) is 0 Å². The van der Waals surface area contributed by atoms with E-state index in [1.54, 1.807) is 0 Å². The highest BCUT2D eigenvalue weighted by molar-refractivity contribution is 5.75. The van der Waals surface area contributed by atoms with E-state index in [1.807, 2.05) is 0 Å². The Hall–Kier alpha value is -1.55. The van der Waals surface area contributed by atoms with Crippen LogP contribution in [0.25, 0.3) is 0 Å². The first-order valence-electron chi connectivity index (χ1n) is 14.4. The number of carbonyl (C=O) groups excluding carboxylic acids is 2. The topological polar surface area (TPSA) is 120 Å². The number of carbonyl (C=O) groups is 3. The van der Waals surface area contributed by atoms with Crippen LogP contribution in [0.3, 0.4) is 0 Å². The number of hydrogen-bond donors (Lipinski definition) is 2. The van der Waals surface area contributed by atoms with Gasteiger partial charge in [-0.1, -0.05) is 70.6 Å². The maximum atomic E-state index is 11.9. The number of hydrogen-bond acceptors (Lipinski definition) is 7. The van der Waals surface area contributed by atoms with Gasteiger partial charge in [-0.15, -0.1) is 0 Å². The molecule has 0 aliphatic heterocycles. The number of carboxylic acids is 1. The molecule has 0 radical (unpaired) electrons. The molecule has 0 fully saturated rings. The van der Waals surface area contributed by atoms with Crippen LogP contribution in [0.4, 0.5) is 0 Å². The van der Waals surface area contributed by atoms with Crippen molar-refractivity contribution in [1.29, 1.82) is 0 Å². The van der Waals surface area contributed by atoms with Crippen molar-refractivity contribution in [2.45, 2.75) is 103 Å². The maximum Gasteiger partial charge on any atom is 0.303 e. The number of aldehydes is 1. The predicted molar refractivity (Wildman–Crippen MR) is 144 cm³/mol. The Morgan fingerprint density at radius 3 is 1.35 bits per heavy atom. The quantitative estimate of drug-likeness (QED) is 0.0976. The number of nitrogens with one attached hydrogen (secondary N) is 1. The molecule has 0 aromatic rings. The number of unbranched alkanes of at least 4 members (excludes halogenated alkanes) is 12. The Bertz CT molecular complexity index is 518. The molecule has 1 amide bonds. The van der Waals surface area contributed by atoms with Gasteiger partial charge in [-0.3, -0.25) is 9.59 Å². The van der Waals surface area contributed by atoms with Crippen molar-refractivity contribution in [1.82, 2.24) is 5.32 Å². The van der Waals surface area contributed by atoms with Gasteiger partial charge in [0.1, 0.15) is 6.29 Å². The van der Waals surface area contributed by atoms with Gasteiger partial charge >= 0.3 is 5.97 Å². The third-order valence-corrected chi connectivity index (χ3v) is 5.86. The molecule has 0 spiro atoms. The lowest BCUT2D eigenvalue weighted by atomic mass is 10.0. The zero-order chi connectivity index (χ0) is 27.1. The minimum atomic E-state index is -0.686. The molecule has 2 N–H and O–H groups in total. The molecule has 0 aromatic heterocycles. The van der Waals surface area contributed by atoms with Gasteiger partial charge in [0.25, 0.3) is 0 Å². The van der Waals surface area contributed by atoms with E-state index >= 15 is 0 Å². The zero-order valence-electron chi connectivity index (χ0n) is 23.1. The summed E-state index contributed by atoms with van der Waals surface area (Å²) in [6.45, 7) is 4.36. The average molecular weight is 532 g/mol. The summed E-state index contributed by atoms with van der Waals surface area (Å²) in [5, 5.41) is 11.5. The molecule has 0 aliphatic carbocycles. The smallest absolute Gasteiger partial charge is 0.303 e. The molecule has 37 heavy (non-hydrogen) atoms. The highest BCUT2D eigenvalue weighted by Gasteiger charge is 2.01. The molecule has 0 atom stereocenters. The molecular formula is C28H53NO8. The second-order valence-electron chi connectivity index (χ2n) is 9.24. The summed E-state index contributed by atoms with van der Waals surface area (Å²) in [5.74, 6) is -0.593. The summed E-state index contributed by atoms with van der Waals surface area (Å²) in [5.41, 5.74) is 0. The van der Waals surface area contributed by atoms with Crippen LogP contribution in [0.2, 0.25) is 0 Å². The van der Waals surface area contributed by atoms with Gasteiger partial charge in [0.05, 0.1) is 52.9 Å². The number of carboxylic acid groups (broad SMARTS) is 1. The number of rotatable bonds is 31. The van der Waals surface area contributed by atoms with E-state index in [0.717, 1.165) is 38.4 Å². The summed E-state index contributed by atoms with van der Waals surface area (Å²) in [6, 6.07) is 0. The lowest BCUT2D eigenvalue weighted by Crippen LogP contribution is -2.27. The number of aliphatic carboxylic acids is 1. The van der Waals surface area contributed by atoms with E-state index in [0.29, 0.717) is 78.7 Å². The summed E-state index contributed by atoms with van der Waals surface area (Å²) < 4.78 is 21.4. The Morgan fingerprint density at radius 2 is 0.919 bits per heavy atom. The third-order valence-electron chi connectivity index (χ3n) is 5.86. The van der Waals surface area contributed by atoms with Gasteiger partial charge < -0.3 is 34.2 Å². The van der Waals surface area contributed by atoms with Crippen LogP contribution in [-0.4, -0.2) is 82.7 Å². The lowest BCUT2D eigenvalue weighted by molar-refractivity contribution is -0.137. The van der Waals surface area contributed by atoms with Crippen LogP contribution in [0, 0.1) is 0 Å². The second kappa shape index (κ2) is 30.7. The third kappa shape index (κ3) is 32.4. The standard InChI is InChI=1S/C28H53NO8/c30-18-14-19-34-21-23-36-25-26-37-24-22-35-20-17-29-27(31)15-12-10-8-6-4-2-1-3-5-7-9-11-13-16-28(32)33/h18H,1-17,19-26H2,(H,29,31)(H,32,33). The highest BCUT2D eigenvalue weighted by atomic mass is 16.6. The highest BCUT2D eigenvalue weighted by Crippen LogP contribution is 2.13. The van der Waals surface area contributed by atoms with Gasteiger partial charge in [-0.25, -0.2) is 0 Å². The van der Waals surface area contributed by atoms with Crippen molar-refractivity contribution in [3.8, 4) is 0 Å². The van der Waals surface area contributed by atoms with Gasteiger partial charge in [-0.2, -0.15) is 0 Å². The van der Waals surface area contributed by atoms with Crippen molar-refractivity contribution in [3.63, 3.8) is 0 Å². The Kier molecular flexibility index (Phi) is 29.4. The molecule has 0 bridgehead atoms. The molecule has 218 valence electrons. The maximum absolute atomic E-state index is 11.9. The minimum absolute atomic E-state index is 0.0927. The Balaban J connectivity index is 3.16. The van der Waals surface area contributed by atoms with Crippen LogP contribution in [0.15, 0.2) is 0 Å². The predicted octanol–water partition coefficient (Wildman–Crippen LogP) is 4.69. The fraction of sp³-hybridized carbons (Fsp3) is 0.893. The lowest BCUT2D eigenvalue weighted by Gasteiger charge is -2.08. The van der Waals surface area contributed by atoms with Crippen LogP contribution >= 0.6 is 0 Å². The fourth-order valence-corrected chi connectivity index (χ4v) is 3.75. The molecule has 9 heteroatoms. The van der Waals surface area contributed by atoms with Crippen LogP contribution in [-0.2, 0) is 33.3 Å². The monoisotopic (exact) mass is 531 g/mol. The summed E-state index contributed by atoms with van der Waals surface area (Å²) in [6.07, 6.45) is 17.2. The molecule has 0 saturated heterocycles. The van der Waals surface area contributed by atoms with E-state index in [-0.39, 0.29) is 5.91 Å². The van der Waals surface area contributed by atoms with E-state index in [9.17, 15) is 14.4 Å². The van der Waals surface area contributed by atoms with Crippen LogP contribution in [0.1, 0.15) is 103 Å². The van der Waals surface area contributed by atoms with E-state index in [1.165, 1.54) is 51.4 Å². The van der Waals surface area contributed by atoms with Gasteiger partial charge in [-0.05, 0) is 12.8 Å². The fourth-order valence-electron chi connectivity index (χ4n) is 3.75. The summed E-state index contributed by atoms with van der Waals surface area (Å²) in [7, 11) is 0. The molecule has 0 unspecified atom stereocenters. The Morgan fingerprint density at radius 1 is 0.541 bits per heavy atom. The summed E-state index contributed by atoms with van der Waals surface area (Å²) >= 11 is 0. The van der Waals surface area contributed by atoms with Crippen LogP contribution in [0.5, 0.6) is 0 Å². The first-order chi connectivity index (χ1) is 18.2. The zero-order valence-corrected chi connectivity index (χ0v) is 23.1. The first-order valence-corrected chi connectivity index (χ1v) is 14.4. The largest absolute Gasteiger partial charge is 0.481 e. The van der Waals surface area contributed by atoms with Gasteiger partial charge in [0.15, 0.2) is 0 Å². The van der Waals surface area contributed by atoms with Crippen molar-refractivity contribution in [2.24, 2.45) is 0 Å². The number of amides is 1. The van der Waals surface area contributed by atoms with Gasteiger partial charge in [0.2, 0.25) is 5.91 Å². The second-order valence-corrected chi connectivity index (χ2v) is 9.24. The molecule has 0 saturated carbocycles. The molecule has 0 rings (SSSR count). The van der Waals surface area contributed by atoms with Crippen molar-refractivity contribution < 1.29 is 38.4 Å². The molecule has 0 aliphatic rings. The summed E-state index contributed by atoms with van der Waals surface area (Å²) in [4.78, 5) is 32.4.